The Balaban J connectivity index is 0.00000264. The summed E-state index contributed by atoms with van der Waals surface area (Å²) in [4.78, 5) is 12.0. The number of aryl methyl sites for hydroxylation is 2. The van der Waals surface area contributed by atoms with Crippen LogP contribution in [0.5, 0.6) is 11.5 Å². The topological polar surface area (TPSA) is 51.4 Å². The zero-order valence-electron chi connectivity index (χ0n) is 13.5. The molecular weight excluding hydrogens is 360 g/mol. The molecule has 6 heteroatoms. The average molecular weight is 381 g/mol. The molecular formula is C17H21BrN2O3. The number of rotatable bonds is 6. The molecule has 1 heterocycles. The summed E-state index contributed by atoms with van der Waals surface area (Å²) in [7, 11) is 3.16. The van der Waals surface area contributed by atoms with Crippen LogP contribution in [0.1, 0.15) is 12.0 Å². The number of carbonyl (C=O) groups excluding carboxylic acids is 1. The highest BCUT2D eigenvalue weighted by Gasteiger charge is 2.09. The van der Waals surface area contributed by atoms with Gasteiger partial charge in [-0.1, -0.05) is 0 Å². The SMILES string of the molecule is COc1cc(NC(=O)CC[n+]2ccc(C)cc2)cc(OC)c1.[Br-]. The van der Waals surface area contributed by atoms with Gasteiger partial charge in [0.1, 0.15) is 11.5 Å². The molecule has 0 spiro atoms. The number of carbonyl (C=O) groups is 1. The van der Waals surface area contributed by atoms with Crippen LogP contribution in [-0.4, -0.2) is 20.1 Å². The second kappa shape index (κ2) is 9.15. The van der Waals surface area contributed by atoms with Gasteiger partial charge in [0.05, 0.1) is 20.6 Å². The molecule has 2 aromatic rings. The van der Waals surface area contributed by atoms with E-state index in [4.69, 9.17) is 9.47 Å². The van der Waals surface area contributed by atoms with Crippen LogP contribution in [0.4, 0.5) is 5.69 Å². The van der Waals surface area contributed by atoms with Crippen molar-refractivity contribution in [2.75, 3.05) is 19.5 Å². The van der Waals surface area contributed by atoms with Gasteiger partial charge in [-0.25, -0.2) is 4.57 Å². The minimum Gasteiger partial charge on any atom is -1.00 e. The summed E-state index contributed by atoms with van der Waals surface area (Å²) in [6, 6.07) is 9.33. The van der Waals surface area contributed by atoms with Crippen molar-refractivity contribution in [1.29, 1.82) is 0 Å². The van der Waals surface area contributed by atoms with E-state index in [1.54, 1.807) is 32.4 Å². The van der Waals surface area contributed by atoms with Gasteiger partial charge in [0, 0.05) is 36.0 Å². The zero-order valence-corrected chi connectivity index (χ0v) is 15.1. The molecule has 0 saturated carbocycles. The summed E-state index contributed by atoms with van der Waals surface area (Å²) in [5.74, 6) is 1.23. The third kappa shape index (κ3) is 5.90. The van der Waals surface area contributed by atoms with Gasteiger partial charge in [0.2, 0.25) is 5.91 Å². The third-order valence-electron chi connectivity index (χ3n) is 3.29. The molecule has 1 N–H and O–H groups in total. The lowest BCUT2D eigenvalue weighted by atomic mass is 10.2. The molecule has 1 amide bonds. The van der Waals surface area contributed by atoms with E-state index in [0.717, 1.165) is 0 Å². The van der Waals surface area contributed by atoms with Crippen molar-refractivity contribution >= 4 is 11.6 Å². The van der Waals surface area contributed by atoms with Crippen molar-refractivity contribution in [3.05, 3.63) is 48.3 Å². The number of nitrogens with one attached hydrogen (secondary N) is 1. The smallest absolute Gasteiger partial charge is 0.230 e. The number of ether oxygens (including phenoxy) is 2. The summed E-state index contributed by atoms with van der Waals surface area (Å²) in [5, 5.41) is 2.86. The quantitative estimate of drug-likeness (QED) is 0.676. The normalized spacial score (nSPS) is 9.70. The summed E-state index contributed by atoms with van der Waals surface area (Å²) >= 11 is 0. The highest BCUT2D eigenvalue weighted by atomic mass is 79.9. The number of anilines is 1. The van der Waals surface area contributed by atoms with E-state index in [9.17, 15) is 4.79 Å². The molecule has 23 heavy (non-hydrogen) atoms. The third-order valence-corrected chi connectivity index (χ3v) is 3.29. The maximum absolute atomic E-state index is 12.0. The van der Waals surface area contributed by atoms with Crippen molar-refractivity contribution < 1.29 is 35.8 Å². The van der Waals surface area contributed by atoms with Gasteiger partial charge < -0.3 is 31.8 Å². The molecule has 5 nitrogen and oxygen atoms in total. The Kier molecular flexibility index (Phi) is 7.54. The van der Waals surface area contributed by atoms with Crippen LogP contribution in [0.25, 0.3) is 0 Å². The van der Waals surface area contributed by atoms with E-state index in [2.05, 4.69) is 5.32 Å². The van der Waals surface area contributed by atoms with E-state index in [1.165, 1.54) is 5.56 Å². The molecule has 0 bridgehead atoms. The second-order valence-electron chi connectivity index (χ2n) is 5.01. The Labute approximate surface area is 147 Å². The Hall–Kier alpha value is -2.08. The molecule has 0 fully saturated rings. The maximum atomic E-state index is 12.0. The summed E-state index contributed by atoms with van der Waals surface area (Å²) in [5.41, 5.74) is 1.86. The first kappa shape index (κ1) is 19.0. The number of nitrogens with zero attached hydrogens (tertiary/aromatic N) is 1. The van der Waals surface area contributed by atoms with E-state index >= 15 is 0 Å². The fraction of sp³-hybridized carbons (Fsp3) is 0.294. The highest BCUT2D eigenvalue weighted by molar-refractivity contribution is 5.91. The Morgan fingerprint density at radius 3 is 2.17 bits per heavy atom. The predicted octanol–water partition coefficient (Wildman–Crippen LogP) is -0.667. The lowest BCUT2D eigenvalue weighted by molar-refractivity contribution is -0.695. The number of methoxy groups -OCH3 is 2. The van der Waals surface area contributed by atoms with Crippen LogP contribution >= 0.6 is 0 Å². The summed E-state index contributed by atoms with van der Waals surface area (Å²) in [6.07, 6.45) is 4.33. The monoisotopic (exact) mass is 380 g/mol. The van der Waals surface area contributed by atoms with Crippen LogP contribution in [-0.2, 0) is 11.3 Å². The van der Waals surface area contributed by atoms with Crippen molar-refractivity contribution in [2.24, 2.45) is 0 Å². The van der Waals surface area contributed by atoms with Crippen molar-refractivity contribution in [3.63, 3.8) is 0 Å². The minimum atomic E-state index is -0.0524. The van der Waals surface area contributed by atoms with Crippen LogP contribution in [0.2, 0.25) is 0 Å². The fourth-order valence-corrected chi connectivity index (χ4v) is 2.01. The standard InChI is InChI=1S/C17H20N2O3.BrH/c1-13-4-7-19(8-5-13)9-6-17(20)18-14-10-15(21-2)12-16(11-14)22-3;/h4-5,7-8,10-12H,6,9H2,1-3H3;1H. The lowest BCUT2D eigenvalue weighted by Crippen LogP contribution is -3.00. The fourth-order valence-electron chi connectivity index (χ4n) is 2.01. The van der Waals surface area contributed by atoms with Gasteiger partial charge in [0.25, 0.3) is 0 Å². The van der Waals surface area contributed by atoms with Gasteiger partial charge in [-0.05, 0) is 12.5 Å². The molecule has 0 unspecified atom stereocenters. The first-order valence-corrected chi connectivity index (χ1v) is 7.09. The second-order valence-corrected chi connectivity index (χ2v) is 5.01. The number of halogens is 1. The summed E-state index contributed by atoms with van der Waals surface area (Å²) < 4.78 is 12.4. The van der Waals surface area contributed by atoms with Crippen molar-refractivity contribution in [1.82, 2.24) is 0 Å². The Morgan fingerprint density at radius 1 is 1.09 bits per heavy atom. The molecule has 0 aliphatic rings. The van der Waals surface area contributed by atoms with E-state index in [0.29, 0.717) is 30.2 Å². The van der Waals surface area contributed by atoms with Crippen LogP contribution in [0.3, 0.4) is 0 Å². The molecule has 0 aliphatic heterocycles. The summed E-state index contributed by atoms with van der Waals surface area (Å²) in [6.45, 7) is 2.67. The number of benzene rings is 1. The Morgan fingerprint density at radius 2 is 1.65 bits per heavy atom. The largest absolute Gasteiger partial charge is 1.00 e. The number of hydrogen-bond donors (Lipinski definition) is 1. The zero-order chi connectivity index (χ0) is 15.9. The molecule has 1 aromatic heterocycles. The molecule has 0 saturated heterocycles. The maximum Gasteiger partial charge on any atom is 0.230 e. The first-order valence-electron chi connectivity index (χ1n) is 7.09. The number of aromatic nitrogens is 1. The molecule has 2 rings (SSSR count). The first-order chi connectivity index (χ1) is 10.6. The highest BCUT2D eigenvalue weighted by Crippen LogP contribution is 2.25. The number of amides is 1. The lowest BCUT2D eigenvalue weighted by Gasteiger charge is -2.09. The van der Waals surface area contributed by atoms with Gasteiger partial charge in [-0.2, -0.15) is 0 Å². The molecule has 0 radical (unpaired) electrons. The molecule has 0 aliphatic carbocycles. The molecule has 1 aromatic carbocycles. The van der Waals surface area contributed by atoms with Gasteiger partial charge in [-0.15, -0.1) is 0 Å². The Bertz CT molecular complexity index is 623. The van der Waals surface area contributed by atoms with Crippen LogP contribution in [0.15, 0.2) is 42.7 Å². The molecule has 0 atom stereocenters. The minimum absolute atomic E-state index is 0. The molecule has 124 valence electrons. The van der Waals surface area contributed by atoms with Gasteiger partial charge in [0.15, 0.2) is 18.9 Å². The van der Waals surface area contributed by atoms with E-state index < -0.39 is 0 Å². The van der Waals surface area contributed by atoms with E-state index in [1.807, 2.05) is 36.0 Å². The van der Waals surface area contributed by atoms with E-state index in [-0.39, 0.29) is 22.9 Å². The van der Waals surface area contributed by atoms with Gasteiger partial charge in [-0.3, -0.25) is 4.79 Å². The van der Waals surface area contributed by atoms with Crippen molar-refractivity contribution in [2.45, 2.75) is 19.9 Å². The number of pyridine rings is 1. The average Bonchev–Trinajstić information content (AvgIpc) is 2.54. The van der Waals surface area contributed by atoms with Crippen molar-refractivity contribution in [3.8, 4) is 11.5 Å². The van der Waals surface area contributed by atoms with Crippen LogP contribution in [0, 0.1) is 6.92 Å². The van der Waals surface area contributed by atoms with Gasteiger partial charge >= 0.3 is 0 Å². The predicted molar refractivity (Wildman–Crippen MR) is 84.2 cm³/mol. The van der Waals surface area contributed by atoms with Crippen LogP contribution < -0.4 is 36.3 Å². The number of hydrogen-bond acceptors (Lipinski definition) is 3.